The normalized spacial score (nSPS) is 12.1. The van der Waals surface area contributed by atoms with Gasteiger partial charge in [-0.3, -0.25) is 9.97 Å². The van der Waals surface area contributed by atoms with E-state index < -0.39 is 0 Å². The number of pyridine rings is 2. The number of hydrogen-bond donors (Lipinski definition) is 0. The van der Waals surface area contributed by atoms with Crippen molar-refractivity contribution in [3.63, 3.8) is 0 Å². The Labute approximate surface area is 263 Å². The zero-order valence-corrected chi connectivity index (χ0v) is 27.1. The quantitative estimate of drug-likeness (QED) is 0.0326. The van der Waals surface area contributed by atoms with Gasteiger partial charge >= 0.3 is 0 Å². The van der Waals surface area contributed by atoms with Crippen molar-refractivity contribution >= 4 is 0 Å². The van der Waals surface area contributed by atoms with Crippen molar-refractivity contribution in [2.75, 3.05) is 13.1 Å². The van der Waals surface area contributed by atoms with Crippen LogP contribution in [0, 0.1) is 5.21 Å². The molecule has 5 nitrogen and oxygen atoms in total. The van der Waals surface area contributed by atoms with Crippen LogP contribution in [0.15, 0.2) is 78.5 Å². The molecular formula is C38H60N4O. The Bertz CT molecular complexity index is 958. The van der Waals surface area contributed by atoms with E-state index in [2.05, 4.69) is 51.5 Å². The van der Waals surface area contributed by atoms with Crippen LogP contribution in [0.5, 0.6) is 0 Å². The summed E-state index contributed by atoms with van der Waals surface area (Å²) >= 11 is 0. The van der Waals surface area contributed by atoms with E-state index in [9.17, 15) is 5.21 Å². The fraction of sp³-hybridized carbons (Fsp3) is 0.632. The second kappa shape index (κ2) is 28.0. The summed E-state index contributed by atoms with van der Waals surface area (Å²) in [5.74, 6) is 0. The SMILES string of the molecule is [O-][N+](CCCCCCCCCC/C=C\CCc1cccnc1)=NCCC/C=C\CCCCCCCCCc1cccnc1. The van der Waals surface area contributed by atoms with Crippen LogP contribution < -0.4 is 0 Å². The monoisotopic (exact) mass is 588 g/mol. The minimum Gasteiger partial charge on any atom is -0.600 e. The van der Waals surface area contributed by atoms with Crippen molar-refractivity contribution in [1.29, 1.82) is 0 Å². The molecule has 5 heteroatoms. The first-order chi connectivity index (χ1) is 21.3. The minimum absolute atomic E-state index is 0.549. The zero-order valence-electron chi connectivity index (χ0n) is 27.1. The predicted octanol–water partition coefficient (Wildman–Crippen LogP) is 11.1. The number of hydrogen-bond acceptors (Lipinski definition) is 4. The lowest BCUT2D eigenvalue weighted by molar-refractivity contribution is -0.531. The average Bonchev–Trinajstić information content (AvgIpc) is 3.04. The first-order valence-electron chi connectivity index (χ1n) is 17.5. The maximum Gasteiger partial charge on any atom is 0.180 e. The second-order valence-corrected chi connectivity index (χ2v) is 11.9. The third-order valence-corrected chi connectivity index (χ3v) is 7.97. The molecule has 43 heavy (non-hydrogen) atoms. The van der Waals surface area contributed by atoms with Crippen LogP contribution in [0.25, 0.3) is 0 Å². The molecule has 0 saturated heterocycles. The summed E-state index contributed by atoms with van der Waals surface area (Å²) in [5.41, 5.74) is 2.68. The van der Waals surface area contributed by atoms with Gasteiger partial charge < -0.3 is 5.21 Å². The fourth-order valence-electron chi connectivity index (χ4n) is 5.32. The largest absolute Gasteiger partial charge is 0.600 e. The summed E-state index contributed by atoms with van der Waals surface area (Å²) in [6.07, 6.45) is 43.7. The predicted molar refractivity (Wildman–Crippen MR) is 182 cm³/mol. The van der Waals surface area contributed by atoms with Gasteiger partial charge in [0.2, 0.25) is 0 Å². The van der Waals surface area contributed by atoms with Crippen molar-refractivity contribution < 1.29 is 4.86 Å². The van der Waals surface area contributed by atoms with E-state index >= 15 is 0 Å². The van der Waals surface area contributed by atoms with Gasteiger partial charge in [-0.15, -0.1) is 0 Å². The molecule has 0 atom stereocenters. The first kappa shape index (κ1) is 36.4. The number of azo groups is 1. The van der Waals surface area contributed by atoms with Gasteiger partial charge in [-0.2, -0.15) is 0 Å². The standard InChI is InChI=1S/C38H60N4O/c43-42(34-24-20-16-12-8-4-2-6-10-14-18-22-28-38-30-26-32-40-36-38)41-33-23-19-15-11-7-3-1-5-9-13-17-21-27-37-29-25-31-39-35-37/h11,14-15,18,25-26,29-32,35-36H,1-10,12-13,16-17,19-24,27-28,33-34H2/b15-11-,18-14-,42-41?. The molecule has 0 aliphatic heterocycles. The van der Waals surface area contributed by atoms with Crippen LogP contribution in [-0.4, -0.2) is 27.9 Å². The van der Waals surface area contributed by atoms with Gasteiger partial charge in [-0.05, 0) is 99.0 Å². The Hall–Kier alpha value is -2.82. The van der Waals surface area contributed by atoms with Gasteiger partial charge in [0.15, 0.2) is 6.54 Å². The number of aryl methyl sites for hydroxylation is 2. The van der Waals surface area contributed by atoms with E-state index in [1.807, 2.05) is 36.9 Å². The average molecular weight is 589 g/mol. The zero-order chi connectivity index (χ0) is 30.3. The van der Waals surface area contributed by atoms with Crippen molar-refractivity contribution in [2.24, 2.45) is 5.11 Å². The van der Waals surface area contributed by atoms with E-state index in [0.717, 1.165) is 49.8 Å². The van der Waals surface area contributed by atoms with Crippen molar-refractivity contribution in [3.8, 4) is 0 Å². The lowest BCUT2D eigenvalue weighted by Crippen LogP contribution is -2.03. The topological polar surface area (TPSA) is 64.2 Å². The maximum absolute atomic E-state index is 11.9. The molecule has 0 saturated carbocycles. The van der Waals surface area contributed by atoms with E-state index in [0.29, 0.717) is 13.1 Å². The number of nitrogens with zero attached hydrogens (tertiary/aromatic N) is 4. The molecule has 0 radical (unpaired) electrons. The third kappa shape index (κ3) is 23.3. The van der Waals surface area contributed by atoms with Crippen molar-refractivity contribution in [3.05, 3.63) is 89.7 Å². The summed E-state index contributed by atoms with van der Waals surface area (Å²) in [6.45, 7) is 1.20. The number of aromatic nitrogens is 2. The van der Waals surface area contributed by atoms with Crippen molar-refractivity contribution in [2.45, 2.75) is 141 Å². The highest BCUT2D eigenvalue weighted by Gasteiger charge is 1.98. The summed E-state index contributed by atoms with van der Waals surface area (Å²) in [7, 11) is 0. The van der Waals surface area contributed by atoms with E-state index in [-0.39, 0.29) is 0 Å². The van der Waals surface area contributed by atoms with Gasteiger partial charge in [-0.25, -0.2) is 0 Å². The van der Waals surface area contributed by atoms with Gasteiger partial charge in [-0.1, -0.05) is 106 Å². The highest BCUT2D eigenvalue weighted by Crippen LogP contribution is 2.12. The van der Waals surface area contributed by atoms with Crippen LogP contribution in [-0.2, 0) is 12.8 Å². The number of allylic oxidation sites excluding steroid dienone is 4. The smallest absolute Gasteiger partial charge is 0.180 e. The number of unbranched alkanes of at least 4 members (excludes halogenated alkanes) is 16. The highest BCUT2D eigenvalue weighted by atomic mass is 16.5. The van der Waals surface area contributed by atoms with E-state index in [4.69, 9.17) is 0 Å². The van der Waals surface area contributed by atoms with Gasteiger partial charge in [0, 0.05) is 31.2 Å². The lowest BCUT2D eigenvalue weighted by Gasteiger charge is -2.03. The van der Waals surface area contributed by atoms with Crippen LogP contribution in [0.3, 0.4) is 0 Å². The molecule has 0 aliphatic carbocycles. The second-order valence-electron chi connectivity index (χ2n) is 11.9. The number of hydroxylamine groups is 1. The molecule has 2 aromatic rings. The van der Waals surface area contributed by atoms with Crippen molar-refractivity contribution in [1.82, 2.24) is 9.97 Å². The molecule has 0 spiro atoms. The fourth-order valence-corrected chi connectivity index (χ4v) is 5.32. The molecule has 0 aromatic carbocycles. The van der Waals surface area contributed by atoms with Crippen LogP contribution in [0.1, 0.15) is 140 Å². The van der Waals surface area contributed by atoms with Crippen LogP contribution >= 0.6 is 0 Å². The lowest BCUT2D eigenvalue weighted by atomic mass is 10.0. The Kier molecular flexibility index (Phi) is 23.7. The Balaban J connectivity index is 1.25. The first-order valence-corrected chi connectivity index (χ1v) is 17.5. The molecule has 0 unspecified atom stereocenters. The highest BCUT2D eigenvalue weighted by molar-refractivity contribution is 5.09. The van der Waals surface area contributed by atoms with Crippen LogP contribution in [0.4, 0.5) is 0 Å². The summed E-state index contributed by atoms with van der Waals surface area (Å²) in [4.78, 5) is 9.27. The molecule has 2 heterocycles. The maximum atomic E-state index is 11.9. The van der Waals surface area contributed by atoms with E-state index in [1.165, 1.54) is 107 Å². The molecule has 0 amide bonds. The van der Waals surface area contributed by atoms with Crippen LogP contribution in [0.2, 0.25) is 0 Å². The van der Waals surface area contributed by atoms with Gasteiger partial charge in [0.1, 0.15) is 6.54 Å². The minimum atomic E-state index is 0.549. The Morgan fingerprint density at radius 1 is 0.535 bits per heavy atom. The molecule has 0 bridgehead atoms. The molecular weight excluding hydrogens is 528 g/mol. The Morgan fingerprint density at radius 2 is 1.00 bits per heavy atom. The summed E-state index contributed by atoms with van der Waals surface area (Å²) in [6, 6.07) is 8.35. The Morgan fingerprint density at radius 3 is 1.56 bits per heavy atom. The van der Waals surface area contributed by atoms with Gasteiger partial charge in [0.05, 0.1) is 0 Å². The molecule has 2 aromatic heterocycles. The number of rotatable bonds is 28. The van der Waals surface area contributed by atoms with Gasteiger partial charge in [0.25, 0.3) is 0 Å². The summed E-state index contributed by atoms with van der Waals surface area (Å²) in [5, 5.41) is 16.1. The third-order valence-electron chi connectivity index (χ3n) is 7.97. The van der Waals surface area contributed by atoms with E-state index in [1.54, 1.807) is 0 Å². The molecule has 0 aliphatic rings. The molecule has 0 N–H and O–H groups in total. The molecule has 238 valence electrons. The summed E-state index contributed by atoms with van der Waals surface area (Å²) < 4.78 is 0. The molecule has 2 rings (SSSR count). The molecule has 0 fully saturated rings.